The molecule has 1 aromatic carbocycles. The molecule has 3 N–H and O–H groups in total. The fourth-order valence-electron chi connectivity index (χ4n) is 3.07. The first kappa shape index (κ1) is 15.1. The number of nitrogens with two attached hydrogens (primary N) is 1. The van der Waals surface area contributed by atoms with Gasteiger partial charge in [-0.15, -0.1) is 11.3 Å². The number of benzene rings is 1. The van der Waals surface area contributed by atoms with Crippen molar-refractivity contribution in [3.8, 4) is 11.1 Å². The van der Waals surface area contributed by atoms with Crippen LogP contribution in [0.1, 0.15) is 48.5 Å². The first-order valence-corrected chi connectivity index (χ1v) is 8.84. The lowest BCUT2D eigenvalue weighted by Crippen LogP contribution is -2.33. The second-order valence-corrected chi connectivity index (χ2v) is 6.81. The van der Waals surface area contributed by atoms with E-state index < -0.39 is 0 Å². The monoisotopic (exact) mass is 314 g/mol. The van der Waals surface area contributed by atoms with E-state index in [4.69, 9.17) is 5.73 Å². The van der Waals surface area contributed by atoms with E-state index in [0.717, 1.165) is 30.4 Å². The first-order chi connectivity index (χ1) is 10.7. The fraction of sp³-hybridized carbons (Fsp3) is 0.389. The molecule has 1 aliphatic rings. The van der Waals surface area contributed by atoms with E-state index in [-0.39, 0.29) is 5.91 Å². The van der Waals surface area contributed by atoms with Gasteiger partial charge in [0.25, 0.3) is 5.91 Å². The molecule has 0 unspecified atom stereocenters. The van der Waals surface area contributed by atoms with Crippen molar-refractivity contribution in [1.29, 1.82) is 0 Å². The largest absolute Gasteiger partial charge is 0.390 e. The number of carbonyl (C=O) groups excluding carboxylic acids is 1. The second-order valence-electron chi connectivity index (χ2n) is 5.89. The van der Waals surface area contributed by atoms with Gasteiger partial charge in [-0.1, -0.05) is 44.0 Å². The highest BCUT2D eigenvalue weighted by molar-refractivity contribution is 7.15. The van der Waals surface area contributed by atoms with E-state index in [9.17, 15) is 4.79 Å². The van der Waals surface area contributed by atoms with Gasteiger partial charge in [0, 0.05) is 17.0 Å². The van der Waals surface area contributed by atoms with E-state index in [1.54, 1.807) is 0 Å². The summed E-state index contributed by atoms with van der Waals surface area (Å²) in [4.78, 5) is 12.6. The second kappa shape index (κ2) is 6.53. The van der Waals surface area contributed by atoms with Crippen LogP contribution in [-0.2, 0) is 6.42 Å². The summed E-state index contributed by atoms with van der Waals surface area (Å²) in [5, 5.41) is 5.73. The molecule has 1 heterocycles. The molecule has 0 bridgehead atoms. The van der Waals surface area contributed by atoms with Crippen LogP contribution in [0.5, 0.6) is 0 Å². The lowest BCUT2D eigenvalue weighted by atomic mass is 10.0. The number of nitrogens with one attached hydrogen (secondary N) is 1. The van der Waals surface area contributed by atoms with Gasteiger partial charge in [0.2, 0.25) is 0 Å². The summed E-state index contributed by atoms with van der Waals surface area (Å²) >= 11 is 1.44. The van der Waals surface area contributed by atoms with Crippen molar-refractivity contribution in [1.82, 2.24) is 5.32 Å². The van der Waals surface area contributed by atoms with Crippen LogP contribution in [0.25, 0.3) is 11.1 Å². The van der Waals surface area contributed by atoms with E-state index >= 15 is 0 Å². The lowest BCUT2D eigenvalue weighted by Gasteiger charge is -2.13. The van der Waals surface area contributed by atoms with Gasteiger partial charge in [0.05, 0.1) is 10.6 Å². The topological polar surface area (TPSA) is 55.1 Å². The Kier molecular flexibility index (Phi) is 4.48. The smallest absolute Gasteiger partial charge is 0.255 e. The van der Waals surface area contributed by atoms with Gasteiger partial charge in [0.1, 0.15) is 0 Å². The van der Waals surface area contributed by atoms with E-state index in [1.807, 2.05) is 5.38 Å². The average molecular weight is 314 g/mol. The highest BCUT2D eigenvalue weighted by atomic mass is 32.1. The zero-order valence-electron chi connectivity index (χ0n) is 12.9. The molecular formula is C18H22N2OS. The molecule has 1 aliphatic carbocycles. The highest BCUT2D eigenvalue weighted by Crippen LogP contribution is 2.34. The van der Waals surface area contributed by atoms with Crippen LogP contribution in [0.3, 0.4) is 0 Å². The van der Waals surface area contributed by atoms with Crippen LogP contribution in [0, 0.1) is 0 Å². The van der Waals surface area contributed by atoms with E-state index in [2.05, 4.69) is 36.5 Å². The molecule has 0 radical (unpaired) electrons. The predicted octanol–water partition coefficient (Wildman–Crippen LogP) is 4.23. The maximum atomic E-state index is 12.6. The molecule has 3 rings (SSSR count). The Morgan fingerprint density at radius 2 is 1.95 bits per heavy atom. The summed E-state index contributed by atoms with van der Waals surface area (Å²) in [6, 6.07) is 8.69. The van der Waals surface area contributed by atoms with Crippen LogP contribution < -0.4 is 11.1 Å². The van der Waals surface area contributed by atoms with Crippen molar-refractivity contribution in [2.45, 2.75) is 45.1 Å². The minimum absolute atomic E-state index is 0.0276. The minimum atomic E-state index is -0.0276. The van der Waals surface area contributed by atoms with Crippen LogP contribution in [0.2, 0.25) is 0 Å². The van der Waals surface area contributed by atoms with Gasteiger partial charge in [0.15, 0.2) is 0 Å². The number of anilines is 1. The number of hydrogen-bond acceptors (Lipinski definition) is 3. The molecular weight excluding hydrogens is 292 g/mol. The number of carbonyl (C=O) groups is 1. The summed E-state index contributed by atoms with van der Waals surface area (Å²) in [6.07, 6.45) is 5.58. The summed E-state index contributed by atoms with van der Waals surface area (Å²) < 4.78 is 0. The maximum absolute atomic E-state index is 12.6. The number of thiophene rings is 1. The molecule has 1 saturated carbocycles. The van der Waals surface area contributed by atoms with E-state index in [1.165, 1.54) is 29.7 Å². The molecule has 1 amide bonds. The van der Waals surface area contributed by atoms with Crippen molar-refractivity contribution in [3.63, 3.8) is 0 Å². The third-order valence-electron chi connectivity index (χ3n) is 4.41. The molecule has 22 heavy (non-hydrogen) atoms. The SMILES string of the molecule is CCc1ccc(-c2csc(N)c2C(=O)NC2CCCC2)cc1. The van der Waals surface area contributed by atoms with Gasteiger partial charge in [-0.3, -0.25) is 4.79 Å². The lowest BCUT2D eigenvalue weighted by molar-refractivity contribution is 0.0940. The molecule has 1 fully saturated rings. The summed E-state index contributed by atoms with van der Waals surface area (Å²) in [5.74, 6) is -0.0276. The molecule has 0 atom stereocenters. The normalized spacial score (nSPS) is 15.1. The van der Waals surface area contributed by atoms with Crippen LogP contribution in [-0.4, -0.2) is 11.9 Å². The first-order valence-electron chi connectivity index (χ1n) is 7.96. The van der Waals surface area contributed by atoms with Crippen LogP contribution in [0.15, 0.2) is 29.6 Å². The fourth-order valence-corrected chi connectivity index (χ4v) is 3.89. The van der Waals surface area contributed by atoms with Crippen molar-refractivity contribution >= 4 is 22.2 Å². The standard InChI is InChI=1S/C18H22N2OS/c1-2-12-7-9-13(10-8-12)15-11-22-17(19)16(15)18(21)20-14-5-3-4-6-14/h7-11,14H,2-6,19H2,1H3,(H,20,21). The predicted molar refractivity (Wildman–Crippen MR) is 93.3 cm³/mol. The summed E-state index contributed by atoms with van der Waals surface area (Å²) in [7, 11) is 0. The quantitative estimate of drug-likeness (QED) is 0.887. The molecule has 4 heteroatoms. The molecule has 0 saturated heterocycles. The van der Waals surface area contributed by atoms with Crippen molar-refractivity contribution in [2.75, 3.05) is 5.73 Å². The van der Waals surface area contributed by atoms with E-state index in [0.29, 0.717) is 16.6 Å². The van der Waals surface area contributed by atoms with Crippen molar-refractivity contribution in [3.05, 3.63) is 40.8 Å². The Morgan fingerprint density at radius 1 is 1.27 bits per heavy atom. The zero-order valence-corrected chi connectivity index (χ0v) is 13.7. The number of amides is 1. The highest BCUT2D eigenvalue weighted by Gasteiger charge is 2.23. The summed E-state index contributed by atoms with van der Waals surface area (Å²) in [5.41, 5.74) is 10.0. The molecule has 116 valence electrons. The Morgan fingerprint density at radius 3 is 2.59 bits per heavy atom. The molecule has 1 aromatic heterocycles. The Hall–Kier alpha value is -1.81. The van der Waals surface area contributed by atoms with Gasteiger partial charge in [-0.25, -0.2) is 0 Å². The minimum Gasteiger partial charge on any atom is -0.390 e. The average Bonchev–Trinajstić information content (AvgIpc) is 3.17. The van der Waals surface area contributed by atoms with Crippen molar-refractivity contribution < 1.29 is 4.79 Å². The number of aryl methyl sites for hydroxylation is 1. The maximum Gasteiger partial charge on any atom is 0.255 e. The molecule has 3 nitrogen and oxygen atoms in total. The van der Waals surface area contributed by atoms with Gasteiger partial charge in [-0.2, -0.15) is 0 Å². The van der Waals surface area contributed by atoms with Crippen LogP contribution >= 0.6 is 11.3 Å². The third kappa shape index (κ3) is 3.02. The van der Waals surface area contributed by atoms with Gasteiger partial charge < -0.3 is 11.1 Å². The zero-order chi connectivity index (χ0) is 15.5. The van der Waals surface area contributed by atoms with Crippen LogP contribution in [0.4, 0.5) is 5.00 Å². The van der Waals surface area contributed by atoms with Gasteiger partial charge in [-0.05, 0) is 30.4 Å². The van der Waals surface area contributed by atoms with Gasteiger partial charge >= 0.3 is 0 Å². The molecule has 2 aromatic rings. The van der Waals surface area contributed by atoms with Crippen molar-refractivity contribution in [2.24, 2.45) is 0 Å². The Balaban J connectivity index is 1.87. The third-order valence-corrected chi connectivity index (χ3v) is 5.22. The summed E-state index contributed by atoms with van der Waals surface area (Å²) in [6.45, 7) is 2.14. The number of rotatable bonds is 4. The molecule has 0 aliphatic heterocycles. The Labute approximate surface area is 135 Å². The number of nitrogen functional groups attached to an aromatic ring is 1. The Bertz CT molecular complexity index is 654. The number of hydrogen-bond donors (Lipinski definition) is 2. The molecule has 0 spiro atoms.